The SMILES string of the molecule is CCn1c(=O)n(CC(=O)N2CCCC(CNC)C2)c2ccccc21. The van der Waals surface area contributed by atoms with Gasteiger partial charge in [0.05, 0.1) is 11.0 Å². The highest BCUT2D eigenvalue weighted by atomic mass is 16.2. The van der Waals surface area contributed by atoms with Gasteiger partial charge < -0.3 is 10.2 Å². The van der Waals surface area contributed by atoms with Gasteiger partial charge in [-0.1, -0.05) is 12.1 Å². The molecule has 3 rings (SSSR count). The highest BCUT2D eigenvalue weighted by Gasteiger charge is 2.24. The second-order valence-electron chi connectivity index (χ2n) is 6.51. The zero-order valence-corrected chi connectivity index (χ0v) is 14.5. The van der Waals surface area contributed by atoms with Crippen LogP contribution in [0.4, 0.5) is 0 Å². The van der Waals surface area contributed by atoms with Gasteiger partial charge in [0.2, 0.25) is 5.91 Å². The van der Waals surface area contributed by atoms with Crippen LogP contribution in [0.2, 0.25) is 0 Å². The predicted molar refractivity (Wildman–Crippen MR) is 95.1 cm³/mol. The largest absolute Gasteiger partial charge is 0.341 e. The molecule has 6 nitrogen and oxygen atoms in total. The maximum atomic E-state index is 12.7. The lowest BCUT2D eigenvalue weighted by molar-refractivity contribution is -0.133. The van der Waals surface area contributed by atoms with Gasteiger partial charge in [0.1, 0.15) is 6.54 Å². The molecule has 0 saturated carbocycles. The number of piperidine rings is 1. The summed E-state index contributed by atoms with van der Waals surface area (Å²) in [6.07, 6.45) is 2.18. The minimum Gasteiger partial charge on any atom is -0.341 e. The van der Waals surface area contributed by atoms with E-state index in [1.54, 1.807) is 9.13 Å². The van der Waals surface area contributed by atoms with Gasteiger partial charge in [-0.2, -0.15) is 0 Å². The van der Waals surface area contributed by atoms with E-state index in [1.165, 1.54) is 0 Å². The van der Waals surface area contributed by atoms with E-state index in [0.717, 1.165) is 43.5 Å². The van der Waals surface area contributed by atoms with Crippen molar-refractivity contribution >= 4 is 16.9 Å². The first kappa shape index (κ1) is 16.8. The number of hydrogen-bond acceptors (Lipinski definition) is 3. The molecule has 1 atom stereocenters. The van der Waals surface area contributed by atoms with Crippen LogP contribution in [0.15, 0.2) is 29.1 Å². The summed E-state index contributed by atoms with van der Waals surface area (Å²) in [6, 6.07) is 7.68. The number of para-hydroxylation sites is 2. The first-order chi connectivity index (χ1) is 11.7. The van der Waals surface area contributed by atoms with E-state index in [9.17, 15) is 9.59 Å². The Morgan fingerprint density at radius 3 is 2.62 bits per heavy atom. The number of aromatic nitrogens is 2. The van der Waals surface area contributed by atoms with E-state index in [2.05, 4.69) is 5.32 Å². The van der Waals surface area contributed by atoms with Crippen LogP contribution in [0.5, 0.6) is 0 Å². The van der Waals surface area contributed by atoms with Crippen LogP contribution in [0, 0.1) is 5.92 Å². The van der Waals surface area contributed by atoms with Crippen molar-refractivity contribution in [3.63, 3.8) is 0 Å². The number of imidazole rings is 1. The normalized spacial score (nSPS) is 18.2. The number of amides is 1. The molecular weight excluding hydrogens is 304 g/mol. The van der Waals surface area contributed by atoms with Crippen molar-refractivity contribution in [2.24, 2.45) is 5.92 Å². The molecule has 0 bridgehead atoms. The van der Waals surface area contributed by atoms with Crippen LogP contribution >= 0.6 is 0 Å². The summed E-state index contributed by atoms with van der Waals surface area (Å²) >= 11 is 0. The van der Waals surface area contributed by atoms with E-state index < -0.39 is 0 Å². The fraction of sp³-hybridized carbons (Fsp3) is 0.556. The van der Waals surface area contributed by atoms with Gasteiger partial charge in [0, 0.05) is 19.6 Å². The summed E-state index contributed by atoms with van der Waals surface area (Å²) in [5.74, 6) is 0.540. The molecule has 2 heterocycles. The van der Waals surface area contributed by atoms with Gasteiger partial charge in [0.25, 0.3) is 0 Å². The molecule has 1 unspecified atom stereocenters. The number of benzene rings is 1. The fourth-order valence-corrected chi connectivity index (χ4v) is 3.71. The Bertz CT molecular complexity index is 775. The number of carbonyl (C=O) groups is 1. The van der Waals surface area contributed by atoms with Crippen molar-refractivity contribution in [3.8, 4) is 0 Å². The van der Waals surface area contributed by atoms with Gasteiger partial charge in [-0.05, 0) is 51.4 Å². The Kier molecular flexibility index (Phi) is 5.04. The molecular formula is C18H26N4O2. The Balaban J connectivity index is 1.83. The molecule has 130 valence electrons. The first-order valence-electron chi connectivity index (χ1n) is 8.76. The number of hydrogen-bond donors (Lipinski definition) is 1. The summed E-state index contributed by atoms with van der Waals surface area (Å²) in [5, 5.41) is 3.19. The average molecular weight is 330 g/mol. The molecule has 1 aliphatic heterocycles. The summed E-state index contributed by atoms with van der Waals surface area (Å²) in [6.45, 7) is 5.18. The topological polar surface area (TPSA) is 59.3 Å². The third kappa shape index (κ3) is 3.11. The number of aryl methyl sites for hydroxylation is 1. The van der Waals surface area contributed by atoms with Gasteiger partial charge in [-0.15, -0.1) is 0 Å². The van der Waals surface area contributed by atoms with Gasteiger partial charge in [0.15, 0.2) is 0 Å². The van der Waals surface area contributed by atoms with E-state index in [4.69, 9.17) is 0 Å². The van der Waals surface area contributed by atoms with Crippen molar-refractivity contribution in [1.29, 1.82) is 0 Å². The van der Waals surface area contributed by atoms with Crippen molar-refractivity contribution in [2.75, 3.05) is 26.7 Å². The number of nitrogens with zero attached hydrogens (tertiary/aromatic N) is 3. The molecule has 0 spiro atoms. The smallest absolute Gasteiger partial charge is 0.329 e. The first-order valence-corrected chi connectivity index (χ1v) is 8.76. The molecule has 1 fully saturated rings. The molecule has 0 radical (unpaired) electrons. The number of likely N-dealkylation sites (tertiary alicyclic amines) is 1. The third-order valence-corrected chi connectivity index (χ3v) is 4.90. The van der Waals surface area contributed by atoms with E-state index in [-0.39, 0.29) is 18.1 Å². The van der Waals surface area contributed by atoms with Crippen LogP contribution in [-0.4, -0.2) is 46.6 Å². The second-order valence-corrected chi connectivity index (χ2v) is 6.51. The Labute approximate surface area is 142 Å². The summed E-state index contributed by atoms with van der Waals surface area (Å²) in [5.41, 5.74) is 1.63. The molecule has 1 N–H and O–H groups in total. The fourth-order valence-electron chi connectivity index (χ4n) is 3.71. The lowest BCUT2D eigenvalue weighted by Crippen LogP contribution is -2.44. The molecule has 24 heavy (non-hydrogen) atoms. The maximum Gasteiger partial charge on any atom is 0.329 e. The summed E-state index contributed by atoms with van der Waals surface area (Å²) in [7, 11) is 1.94. The zero-order valence-electron chi connectivity index (χ0n) is 14.5. The number of nitrogens with one attached hydrogen (secondary N) is 1. The van der Waals surface area contributed by atoms with Crippen LogP contribution in [-0.2, 0) is 17.9 Å². The lowest BCUT2D eigenvalue weighted by Gasteiger charge is -2.32. The highest BCUT2D eigenvalue weighted by molar-refractivity contribution is 5.81. The van der Waals surface area contributed by atoms with Crippen molar-refractivity contribution in [2.45, 2.75) is 32.9 Å². The standard InChI is InChI=1S/C18H26N4O2/c1-3-21-15-8-4-5-9-16(15)22(18(21)24)13-17(23)20-10-6-7-14(12-20)11-19-2/h4-5,8-9,14,19H,3,6-7,10-13H2,1-2H3. The molecule has 6 heteroatoms. The second kappa shape index (κ2) is 7.21. The molecule has 1 saturated heterocycles. The lowest BCUT2D eigenvalue weighted by atomic mass is 9.98. The maximum absolute atomic E-state index is 12.7. The van der Waals surface area contributed by atoms with Gasteiger partial charge in [-0.3, -0.25) is 13.9 Å². The summed E-state index contributed by atoms with van der Waals surface area (Å²) in [4.78, 5) is 27.3. The Morgan fingerprint density at radius 2 is 1.96 bits per heavy atom. The van der Waals surface area contributed by atoms with Crippen molar-refractivity contribution in [3.05, 3.63) is 34.7 Å². The van der Waals surface area contributed by atoms with E-state index in [0.29, 0.717) is 12.5 Å². The van der Waals surface area contributed by atoms with Crippen LogP contribution in [0.25, 0.3) is 11.0 Å². The minimum atomic E-state index is -0.101. The Hall–Kier alpha value is -2.08. The zero-order chi connectivity index (χ0) is 17.1. The molecule has 1 aromatic carbocycles. The minimum absolute atomic E-state index is 0.0388. The predicted octanol–water partition coefficient (Wildman–Crippen LogP) is 1.28. The molecule has 0 aliphatic carbocycles. The Morgan fingerprint density at radius 1 is 1.25 bits per heavy atom. The van der Waals surface area contributed by atoms with Crippen molar-refractivity contribution in [1.82, 2.24) is 19.4 Å². The molecule has 1 aliphatic rings. The van der Waals surface area contributed by atoms with Crippen LogP contribution < -0.4 is 11.0 Å². The number of fused-ring (bicyclic) bond motifs is 1. The van der Waals surface area contributed by atoms with E-state index in [1.807, 2.05) is 43.1 Å². The number of carbonyl (C=O) groups excluding carboxylic acids is 1. The average Bonchev–Trinajstić information content (AvgIpc) is 2.87. The quantitative estimate of drug-likeness (QED) is 0.898. The van der Waals surface area contributed by atoms with Crippen LogP contribution in [0.3, 0.4) is 0 Å². The van der Waals surface area contributed by atoms with Crippen LogP contribution in [0.1, 0.15) is 19.8 Å². The van der Waals surface area contributed by atoms with Crippen molar-refractivity contribution < 1.29 is 4.79 Å². The molecule has 1 amide bonds. The monoisotopic (exact) mass is 330 g/mol. The third-order valence-electron chi connectivity index (χ3n) is 4.90. The molecule has 2 aromatic rings. The van der Waals surface area contributed by atoms with Gasteiger partial charge in [-0.25, -0.2) is 4.79 Å². The highest BCUT2D eigenvalue weighted by Crippen LogP contribution is 2.17. The van der Waals surface area contributed by atoms with E-state index >= 15 is 0 Å². The summed E-state index contributed by atoms with van der Waals surface area (Å²) < 4.78 is 3.34. The number of rotatable bonds is 5. The molecule has 1 aromatic heterocycles. The van der Waals surface area contributed by atoms with Gasteiger partial charge >= 0.3 is 5.69 Å².